The van der Waals surface area contributed by atoms with E-state index in [0.717, 1.165) is 4.57 Å². The topological polar surface area (TPSA) is 144 Å². The standard InChI is InChI=1S/C32H52N4O7SSi2/c1-13-35-27(37)21(2)19-36(29(35)38)28-26(43-46(11,12)31(6,7)8)32(23(42-28)20-41-45(9,10)30(3,4)5)25(33)24(44(39,40)34-32)22-17-15-14-16-18-22/h14-19,23,26,28,34H,13,20,33H2,1-12H3/t23-,26+,28-,32+/m1/s1. The minimum Gasteiger partial charge on any atom is -0.414 e. The van der Waals surface area contributed by atoms with Gasteiger partial charge in [-0.1, -0.05) is 71.9 Å². The quantitative estimate of drug-likeness (QED) is 0.381. The van der Waals surface area contributed by atoms with Gasteiger partial charge < -0.3 is 19.3 Å². The van der Waals surface area contributed by atoms with Crippen molar-refractivity contribution in [3.63, 3.8) is 0 Å². The molecule has 1 saturated heterocycles. The highest BCUT2D eigenvalue weighted by Gasteiger charge is 2.67. The lowest BCUT2D eigenvalue weighted by Crippen LogP contribution is -2.64. The fourth-order valence-electron chi connectivity index (χ4n) is 5.51. The Morgan fingerprint density at radius 2 is 1.57 bits per heavy atom. The van der Waals surface area contributed by atoms with E-state index in [4.69, 9.17) is 19.3 Å². The number of benzene rings is 1. The van der Waals surface area contributed by atoms with Gasteiger partial charge in [-0.05, 0) is 55.7 Å². The smallest absolute Gasteiger partial charge is 0.333 e. The average Bonchev–Trinajstić information content (AvgIpc) is 3.33. The highest BCUT2D eigenvalue weighted by atomic mass is 32.2. The van der Waals surface area contributed by atoms with Gasteiger partial charge in [-0.25, -0.2) is 13.2 Å². The predicted molar refractivity (Wildman–Crippen MR) is 187 cm³/mol. The van der Waals surface area contributed by atoms with E-state index in [9.17, 15) is 18.0 Å². The molecule has 0 amide bonds. The van der Waals surface area contributed by atoms with Crippen LogP contribution in [0.4, 0.5) is 0 Å². The molecular weight excluding hydrogens is 641 g/mol. The van der Waals surface area contributed by atoms with Crippen molar-refractivity contribution in [3.05, 3.63) is 74.2 Å². The number of nitrogens with two attached hydrogens (primary N) is 1. The van der Waals surface area contributed by atoms with Gasteiger partial charge in [-0.3, -0.25) is 13.9 Å². The maximum Gasteiger partial charge on any atom is 0.333 e. The Bertz CT molecular complexity index is 1740. The van der Waals surface area contributed by atoms with E-state index in [2.05, 4.69) is 72.5 Å². The number of hydrogen-bond donors (Lipinski definition) is 2. The Kier molecular flexibility index (Phi) is 9.50. The van der Waals surface area contributed by atoms with E-state index in [1.54, 1.807) is 44.2 Å². The SMILES string of the molecule is CCn1c(=O)c(C)cn([C@@H]2O[C@H](CO[Si](C)(C)C(C)(C)C)[C@@]3(NS(=O)(=O)C(c4ccccc4)=C3N)[C@H]2O[Si](C)(C)C(C)(C)C)c1=O. The first-order chi connectivity index (χ1) is 20.9. The molecule has 14 heteroatoms. The van der Waals surface area contributed by atoms with Crippen LogP contribution in [-0.2, 0) is 30.2 Å². The van der Waals surface area contributed by atoms with Crippen molar-refractivity contribution in [2.45, 2.75) is 122 Å². The van der Waals surface area contributed by atoms with Crippen molar-refractivity contribution in [2.24, 2.45) is 5.73 Å². The lowest BCUT2D eigenvalue weighted by Gasteiger charge is -2.44. The molecule has 2 aliphatic rings. The third-order valence-corrected chi connectivity index (χ3v) is 21.0. The Morgan fingerprint density at radius 3 is 2.09 bits per heavy atom. The summed E-state index contributed by atoms with van der Waals surface area (Å²) >= 11 is 0. The summed E-state index contributed by atoms with van der Waals surface area (Å²) < 4.78 is 54.3. The van der Waals surface area contributed by atoms with Gasteiger partial charge in [0.05, 0.1) is 12.3 Å². The van der Waals surface area contributed by atoms with Gasteiger partial charge in [-0.2, -0.15) is 4.72 Å². The summed E-state index contributed by atoms with van der Waals surface area (Å²) in [6.07, 6.45) is -1.73. The highest BCUT2D eigenvalue weighted by molar-refractivity contribution is 7.99. The summed E-state index contributed by atoms with van der Waals surface area (Å²) in [4.78, 5) is 26.8. The lowest BCUT2D eigenvalue weighted by atomic mass is 9.85. The maximum atomic E-state index is 14.2. The summed E-state index contributed by atoms with van der Waals surface area (Å²) in [6, 6.07) is 8.70. The van der Waals surface area contributed by atoms with Crippen LogP contribution < -0.4 is 21.7 Å². The minimum atomic E-state index is -4.19. The Hall–Kier alpha value is -2.34. The van der Waals surface area contributed by atoms with Gasteiger partial charge in [-0.15, -0.1) is 0 Å². The van der Waals surface area contributed by atoms with Crippen LogP contribution in [-0.4, -0.2) is 58.5 Å². The van der Waals surface area contributed by atoms with Gasteiger partial charge in [0.15, 0.2) is 22.9 Å². The molecule has 0 aliphatic carbocycles. The normalized spacial score (nSPS) is 25.5. The minimum absolute atomic E-state index is 0.00318. The van der Waals surface area contributed by atoms with Crippen LogP contribution in [0.3, 0.4) is 0 Å². The van der Waals surface area contributed by atoms with Crippen molar-refractivity contribution in [1.82, 2.24) is 13.9 Å². The molecule has 0 saturated carbocycles. The zero-order chi connectivity index (χ0) is 34.8. The molecule has 0 unspecified atom stereocenters. The molecule has 256 valence electrons. The second-order valence-electron chi connectivity index (χ2n) is 15.5. The first-order valence-electron chi connectivity index (χ1n) is 15.8. The van der Waals surface area contributed by atoms with Gasteiger partial charge in [0.2, 0.25) is 10.0 Å². The molecule has 2 aliphatic heterocycles. The number of ether oxygens (including phenoxy) is 1. The maximum absolute atomic E-state index is 14.2. The van der Waals surface area contributed by atoms with Crippen molar-refractivity contribution in [3.8, 4) is 0 Å². The first-order valence-corrected chi connectivity index (χ1v) is 23.1. The molecule has 11 nitrogen and oxygen atoms in total. The molecule has 1 fully saturated rings. The number of aromatic nitrogens is 2. The van der Waals surface area contributed by atoms with E-state index in [0.29, 0.717) is 11.1 Å². The van der Waals surface area contributed by atoms with Crippen LogP contribution in [0.1, 0.15) is 65.8 Å². The predicted octanol–water partition coefficient (Wildman–Crippen LogP) is 4.65. The van der Waals surface area contributed by atoms with Crippen LogP contribution >= 0.6 is 0 Å². The van der Waals surface area contributed by atoms with Crippen molar-refractivity contribution >= 4 is 31.6 Å². The second kappa shape index (κ2) is 12.0. The largest absolute Gasteiger partial charge is 0.414 e. The van der Waals surface area contributed by atoms with E-state index in [-0.39, 0.29) is 33.8 Å². The summed E-state index contributed by atoms with van der Waals surface area (Å²) in [5.41, 5.74) is 5.25. The van der Waals surface area contributed by atoms with E-state index < -0.39 is 61.9 Å². The summed E-state index contributed by atoms with van der Waals surface area (Å²) in [6.45, 7) is 24.4. The molecule has 0 bridgehead atoms. The average molecular weight is 693 g/mol. The summed E-state index contributed by atoms with van der Waals surface area (Å²) in [5.74, 6) is 0. The van der Waals surface area contributed by atoms with Crippen LogP contribution in [0.25, 0.3) is 4.91 Å². The number of nitrogens with zero attached hydrogens (tertiary/aromatic N) is 2. The Labute approximate surface area is 275 Å². The fourth-order valence-corrected chi connectivity index (χ4v) is 9.61. The van der Waals surface area contributed by atoms with Crippen molar-refractivity contribution < 1.29 is 22.0 Å². The second-order valence-corrected chi connectivity index (χ2v) is 26.7. The molecule has 4 rings (SSSR count). The van der Waals surface area contributed by atoms with Crippen LogP contribution in [0.2, 0.25) is 36.3 Å². The van der Waals surface area contributed by atoms with Gasteiger partial charge in [0.1, 0.15) is 22.7 Å². The summed E-state index contributed by atoms with van der Waals surface area (Å²) in [5, 5.41) is -0.443. The molecular formula is C32H52N4O7SSi2. The van der Waals surface area contributed by atoms with E-state index >= 15 is 0 Å². The number of nitrogens with one attached hydrogen (secondary N) is 1. The third kappa shape index (κ3) is 6.06. The highest BCUT2D eigenvalue weighted by Crippen LogP contribution is 2.52. The zero-order valence-electron chi connectivity index (χ0n) is 29.3. The van der Waals surface area contributed by atoms with E-state index in [1.807, 2.05) is 0 Å². The first kappa shape index (κ1) is 36.5. The molecule has 1 aromatic heterocycles. The van der Waals surface area contributed by atoms with E-state index in [1.165, 1.54) is 10.8 Å². The monoisotopic (exact) mass is 692 g/mol. The molecule has 1 spiro atoms. The van der Waals surface area contributed by atoms with Gasteiger partial charge in [0.25, 0.3) is 5.56 Å². The third-order valence-electron chi connectivity index (χ3n) is 10.4. The van der Waals surface area contributed by atoms with Crippen LogP contribution in [0.5, 0.6) is 0 Å². The van der Waals surface area contributed by atoms with Crippen LogP contribution in [0, 0.1) is 6.92 Å². The van der Waals surface area contributed by atoms with Gasteiger partial charge >= 0.3 is 5.69 Å². The molecule has 46 heavy (non-hydrogen) atoms. The molecule has 2 aromatic rings. The lowest BCUT2D eigenvalue weighted by molar-refractivity contribution is -0.0503. The molecule has 0 radical (unpaired) electrons. The number of sulfonamides is 1. The molecule has 3 heterocycles. The van der Waals surface area contributed by atoms with Crippen molar-refractivity contribution in [1.29, 1.82) is 0 Å². The molecule has 3 N–H and O–H groups in total. The van der Waals surface area contributed by atoms with Crippen LogP contribution in [0.15, 0.2) is 51.8 Å². The van der Waals surface area contributed by atoms with Crippen molar-refractivity contribution in [2.75, 3.05) is 6.61 Å². The molecule has 1 aromatic carbocycles. The number of hydrogen-bond acceptors (Lipinski definition) is 8. The summed E-state index contributed by atoms with van der Waals surface area (Å²) in [7, 11) is -9.28. The van der Waals surface area contributed by atoms with Gasteiger partial charge in [0, 0.05) is 18.3 Å². The number of aryl methyl sites for hydroxylation is 1. The zero-order valence-corrected chi connectivity index (χ0v) is 32.2. The Balaban J connectivity index is 2.06. The molecule has 4 atom stereocenters. The Morgan fingerprint density at radius 1 is 1.00 bits per heavy atom. The number of rotatable bonds is 8. The fraction of sp³-hybridized carbons (Fsp3) is 0.625.